The number of alkyl halides is 1. The molecule has 0 radical (unpaired) electrons. The molecule has 0 saturated carbocycles. The SMILES string of the molecule is COc1ccc2c(c1)C(F)(c1ccc(F)cc1)C(=O)N2C(=O)O. The Balaban J connectivity index is 2.27. The number of imide groups is 1. The molecule has 0 aromatic heterocycles. The topological polar surface area (TPSA) is 66.8 Å². The molecule has 1 unspecified atom stereocenters. The van der Waals surface area contributed by atoms with Crippen molar-refractivity contribution in [1.82, 2.24) is 0 Å². The largest absolute Gasteiger partial charge is 0.497 e. The molecule has 2 aromatic rings. The number of halogens is 2. The maximum atomic E-state index is 15.7. The van der Waals surface area contributed by atoms with Crippen molar-refractivity contribution in [2.24, 2.45) is 0 Å². The number of carbonyl (C=O) groups is 2. The van der Waals surface area contributed by atoms with Crippen LogP contribution < -0.4 is 9.64 Å². The van der Waals surface area contributed by atoms with E-state index in [-0.39, 0.29) is 22.6 Å². The van der Waals surface area contributed by atoms with E-state index >= 15 is 4.39 Å². The number of anilines is 1. The monoisotopic (exact) mass is 319 g/mol. The van der Waals surface area contributed by atoms with Crippen LogP contribution in [0.3, 0.4) is 0 Å². The highest BCUT2D eigenvalue weighted by Gasteiger charge is 2.55. The van der Waals surface area contributed by atoms with Gasteiger partial charge in [-0.3, -0.25) is 4.79 Å². The number of nitrogens with zero attached hydrogens (tertiary/aromatic N) is 1. The third-order valence-corrected chi connectivity index (χ3v) is 3.75. The predicted molar refractivity (Wildman–Crippen MR) is 76.8 cm³/mol. The quantitative estimate of drug-likeness (QED) is 0.924. The molecule has 0 bridgehead atoms. The standard InChI is InChI=1S/C16H11F2NO4/c1-23-11-6-7-13-12(8-11)16(18,14(20)19(13)15(21)22)9-2-4-10(17)5-3-9/h2-8H,1H3,(H,21,22). The van der Waals surface area contributed by atoms with Crippen molar-refractivity contribution in [2.75, 3.05) is 12.0 Å². The first-order valence-electron chi connectivity index (χ1n) is 6.60. The van der Waals surface area contributed by atoms with E-state index in [9.17, 15) is 19.1 Å². The Bertz CT molecular complexity index is 806. The van der Waals surface area contributed by atoms with Crippen LogP contribution in [0.15, 0.2) is 42.5 Å². The Morgan fingerprint density at radius 3 is 2.43 bits per heavy atom. The number of hydrogen-bond donors (Lipinski definition) is 1. The predicted octanol–water partition coefficient (Wildman–Crippen LogP) is 3.07. The van der Waals surface area contributed by atoms with E-state index in [2.05, 4.69) is 0 Å². The molecule has 0 fully saturated rings. The number of fused-ring (bicyclic) bond motifs is 1. The fourth-order valence-corrected chi connectivity index (χ4v) is 2.64. The van der Waals surface area contributed by atoms with Crippen LogP contribution in [0.4, 0.5) is 19.3 Å². The lowest BCUT2D eigenvalue weighted by molar-refractivity contribution is -0.126. The Labute approximate surface area is 129 Å². The molecule has 5 nitrogen and oxygen atoms in total. The van der Waals surface area contributed by atoms with E-state index in [0.29, 0.717) is 4.90 Å². The summed E-state index contributed by atoms with van der Waals surface area (Å²) in [5.74, 6) is -1.59. The van der Waals surface area contributed by atoms with E-state index in [1.807, 2.05) is 0 Å². The molecular formula is C16H11F2NO4. The van der Waals surface area contributed by atoms with Crippen LogP contribution in [0.2, 0.25) is 0 Å². The Morgan fingerprint density at radius 2 is 1.87 bits per heavy atom. The van der Waals surface area contributed by atoms with Crippen molar-refractivity contribution in [3.63, 3.8) is 0 Å². The summed E-state index contributed by atoms with van der Waals surface area (Å²) in [6, 6.07) is 8.23. The third-order valence-electron chi connectivity index (χ3n) is 3.75. The van der Waals surface area contributed by atoms with Gasteiger partial charge in [-0.1, -0.05) is 12.1 Å². The summed E-state index contributed by atoms with van der Waals surface area (Å²) in [6.07, 6.45) is -1.59. The fourth-order valence-electron chi connectivity index (χ4n) is 2.64. The molecule has 1 aliphatic heterocycles. The molecule has 1 N–H and O–H groups in total. The minimum atomic E-state index is -2.73. The number of hydrogen-bond acceptors (Lipinski definition) is 3. The smallest absolute Gasteiger partial charge is 0.418 e. The summed E-state index contributed by atoms with van der Waals surface area (Å²) < 4.78 is 33.8. The molecule has 0 spiro atoms. The van der Waals surface area contributed by atoms with E-state index in [0.717, 1.165) is 24.3 Å². The summed E-state index contributed by atoms with van der Waals surface area (Å²) in [5.41, 5.74) is -3.12. The first-order chi connectivity index (χ1) is 10.9. The van der Waals surface area contributed by atoms with Gasteiger partial charge in [-0.05, 0) is 30.3 Å². The van der Waals surface area contributed by atoms with Crippen molar-refractivity contribution >= 4 is 17.7 Å². The van der Waals surface area contributed by atoms with Gasteiger partial charge in [0.25, 0.3) is 5.91 Å². The molecule has 23 heavy (non-hydrogen) atoms. The van der Waals surface area contributed by atoms with Gasteiger partial charge >= 0.3 is 6.09 Å². The summed E-state index contributed by atoms with van der Waals surface area (Å²) in [6.45, 7) is 0. The van der Waals surface area contributed by atoms with Crippen molar-refractivity contribution in [1.29, 1.82) is 0 Å². The normalized spacial score (nSPS) is 19.6. The lowest BCUT2D eigenvalue weighted by Crippen LogP contribution is -2.40. The van der Waals surface area contributed by atoms with Gasteiger partial charge in [0.2, 0.25) is 5.67 Å². The van der Waals surface area contributed by atoms with Gasteiger partial charge in [0.15, 0.2) is 0 Å². The van der Waals surface area contributed by atoms with Gasteiger partial charge in [0.05, 0.1) is 12.8 Å². The molecule has 0 aliphatic carbocycles. The molecule has 2 aromatic carbocycles. The van der Waals surface area contributed by atoms with E-state index < -0.39 is 23.5 Å². The second-order valence-electron chi connectivity index (χ2n) is 4.97. The zero-order valence-electron chi connectivity index (χ0n) is 11.9. The number of amides is 2. The Hall–Kier alpha value is -2.96. The van der Waals surface area contributed by atoms with Crippen molar-refractivity contribution in [3.05, 3.63) is 59.4 Å². The highest BCUT2D eigenvalue weighted by atomic mass is 19.1. The highest BCUT2D eigenvalue weighted by molar-refractivity contribution is 6.21. The van der Waals surface area contributed by atoms with E-state index in [1.54, 1.807) is 0 Å². The molecule has 3 rings (SSSR count). The molecule has 7 heteroatoms. The van der Waals surface area contributed by atoms with E-state index in [4.69, 9.17) is 4.74 Å². The average Bonchev–Trinajstić information content (AvgIpc) is 2.76. The second kappa shape index (κ2) is 5.05. The number of carbonyl (C=O) groups excluding carboxylic acids is 1. The number of methoxy groups -OCH3 is 1. The molecule has 0 saturated heterocycles. The van der Waals surface area contributed by atoms with Crippen LogP contribution in [-0.2, 0) is 10.5 Å². The van der Waals surface area contributed by atoms with Gasteiger partial charge in [-0.2, -0.15) is 0 Å². The maximum absolute atomic E-state index is 15.7. The zero-order chi connectivity index (χ0) is 16.8. The number of benzene rings is 2. The lowest BCUT2D eigenvalue weighted by Gasteiger charge is -2.19. The van der Waals surface area contributed by atoms with Crippen molar-refractivity contribution < 1.29 is 28.2 Å². The van der Waals surface area contributed by atoms with Crippen LogP contribution >= 0.6 is 0 Å². The van der Waals surface area contributed by atoms with Crippen LogP contribution in [0.1, 0.15) is 11.1 Å². The number of carboxylic acid groups (broad SMARTS) is 1. The van der Waals surface area contributed by atoms with Gasteiger partial charge in [-0.15, -0.1) is 0 Å². The Morgan fingerprint density at radius 1 is 1.22 bits per heavy atom. The summed E-state index contributed by atoms with van der Waals surface area (Å²) in [4.78, 5) is 24.1. The second-order valence-corrected chi connectivity index (χ2v) is 4.97. The first-order valence-corrected chi connectivity index (χ1v) is 6.60. The minimum Gasteiger partial charge on any atom is -0.497 e. The molecule has 118 valence electrons. The maximum Gasteiger partial charge on any atom is 0.418 e. The fraction of sp³-hybridized carbons (Fsp3) is 0.125. The first kappa shape index (κ1) is 15.0. The van der Waals surface area contributed by atoms with Crippen LogP contribution in [-0.4, -0.2) is 24.2 Å². The van der Waals surface area contributed by atoms with Crippen molar-refractivity contribution in [2.45, 2.75) is 5.67 Å². The zero-order valence-corrected chi connectivity index (χ0v) is 11.9. The summed E-state index contributed by atoms with van der Waals surface area (Å²) in [5, 5.41) is 9.23. The minimum absolute atomic E-state index is 0.0878. The van der Waals surface area contributed by atoms with Crippen LogP contribution in [0.5, 0.6) is 5.75 Å². The van der Waals surface area contributed by atoms with Crippen LogP contribution in [0.25, 0.3) is 0 Å². The summed E-state index contributed by atoms with van der Waals surface area (Å²) >= 11 is 0. The number of rotatable bonds is 2. The van der Waals surface area contributed by atoms with Gasteiger partial charge in [-0.25, -0.2) is 18.5 Å². The molecule has 1 heterocycles. The van der Waals surface area contributed by atoms with E-state index in [1.165, 1.54) is 25.3 Å². The number of ether oxygens (including phenoxy) is 1. The molecule has 2 amide bonds. The molecular weight excluding hydrogens is 308 g/mol. The lowest BCUT2D eigenvalue weighted by atomic mass is 9.89. The van der Waals surface area contributed by atoms with Gasteiger partial charge in [0.1, 0.15) is 11.6 Å². The average molecular weight is 319 g/mol. The highest BCUT2D eigenvalue weighted by Crippen LogP contribution is 2.48. The summed E-state index contributed by atoms with van der Waals surface area (Å²) in [7, 11) is 1.37. The van der Waals surface area contributed by atoms with Gasteiger partial charge in [0, 0.05) is 11.1 Å². The third kappa shape index (κ3) is 2.04. The van der Waals surface area contributed by atoms with Crippen molar-refractivity contribution in [3.8, 4) is 5.75 Å². The van der Waals surface area contributed by atoms with Gasteiger partial charge < -0.3 is 9.84 Å². The Kier molecular flexibility index (Phi) is 3.28. The van der Waals surface area contributed by atoms with Crippen LogP contribution in [0, 0.1) is 5.82 Å². The molecule has 1 aliphatic rings. The molecule has 1 atom stereocenters.